The highest BCUT2D eigenvalue weighted by molar-refractivity contribution is 5.47. The number of benzene rings is 1. The molecule has 0 radical (unpaired) electrons. The normalized spacial score (nSPS) is 25.5. The third kappa shape index (κ3) is 4.36. The second kappa shape index (κ2) is 5.98. The summed E-state index contributed by atoms with van der Waals surface area (Å²) in [5.74, 6) is 0.903. The van der Waals surface area contributed by atoms with Crippen molar-refractivity contribution in [2.75, 3.05) is 5.32 Å². The molecule has 2 unspecified atom stereocenters. The van der Waals surface area contributed by atoms with Gasteiger partial charge in [-0.15, -0.1) is 0 Å². The summed E-state index contributed by atoms with van der Waals surface area (Å²) >= 11 is 0. The monoisotopic (exact) mass is 283 g/mol. The predicted octanol–water partition coefficient (Wildman–Crippen LogP) is 4.91. The highest BCUT2D eigenvalue weighted by Gasteiger charge is 2.31. The summed E-state index contributed by atoms with van der Waals surface area (Å²) in [4.78, 5) is 0. The fraction of sp³-hybridized carbons (Fsp3) is 0.625. The lowest BCUT2D eigenvalue weighted by Crippen LogP contribution is -2.35. The van der Waals surface area contributed by atoms with E-state index in [-0.39, 0.29) is 5.75 Å². The smallest absolute Gasteiger partial charge is 0.387 e. The summed E-state index contributed by atoms with van der Waals surface area (Å²) in [7, 11) is 0. The molecule has 0 heterocycles. The van der Waals surface area contributed by atoms with Crippen LogP contribution >= 0.6 is 0 Å². The van der Waals surface area contributed by atoms with Crippen LogP contribution in [0.3, 0.4) is 0 Å². The van der Waals surface area contributed by atoms with Gasteiger partial charge in [0, 0.05) is 11.7 Å². The lowest BCUT2D eigenvalue weighted by Gasteiger charge is -2.39. The van der Waals surface area contributed by atoms with E-state index in [1.165, 1.54) is 6.42 Å². The van der Waals surface area contributed by atoms with E-state index in [0.717, 1.165) is 18.5 Å². The van der Waals surface area contributed by atoms with Crippen LogP contribution < -0.4 is 10.1 Å². The summed E-state index contributed by atoms with van der Waals surface area (Å²) in [6.45, 7) is 4.12. The predicted molar refractivity (Wildman–Crippen MR) is 77.3 cm³/mol. The molecule has 2 nitrogen and oxygen atoms in total. The highest BCUT2D eigenvalue weighted by Crippen LogP contribution is 2.39. The van der Waals surface area contributed by atoms with Crippen molar-refractivity contribution in [3.8, 4) is 5.75 Å². The van der Waals surface area contributed by atoms with E-state index in [4.69, 9.17) is 0 Å². The minimum atomic E-state index is -2.77. The van der Waals surface area contributed by atoms with Crippen LogP contribution in [0.15, 0.2) is 24.3 Å². The molecule has 112 valence electrons. The van der Waals surface area contributed by atoms with E-state index in [1.807, 2.05) is 0 Å². The summed E-state index contributed by atoms with van der Waals surface area (Å²) in [6.07, 6.45) is 3.54. The van der Waals surface area contributed by atoms with Gasteiger partial charge in [-0.1, -0.05) is 20.8 Å². The maximum atomic E-state index is 12.1. The first-order valence-electron chi connectivity index (χ1n) is 7.15. The van der Waals surface area contributed by atoms with Crippen LogP contribution in [0.5, 0.6) is 5.75 Å². The Morgan fingerprint density at radius 1 is 1.20 bits per heavy atom. The molecule has 0 spiro atoms. The van der Waals surface area contributed by atoms with Crippen molar-refractivity contribution >= 4 is 5.69 Å². The van der Waals surface area contributed by atoms with E-state index in [9.17, 15) is 8.78 Å². The number of rotatable bonds is 4. The molecule has 0 saturated heterocycles. The third-order valence-corrected chi connectivity index (χ3v) is 3.84. The quantitative estimate of drug-likeness (QED) is 0.847. The fourth-order valence-corrected chi connectivity index (χ4v) is 3.42. The molecule has 1 saturated carbocycles. The van der Waals surface area contributed by atoms with Crippen LogP contribution in [0.1, 0.15) is 40.0 Å². The van der Waals surface area contributed by atoms with Crippen molar-refractivity contribution < 1.29 is 13.5 Å². The molecule has 2 atom stereocenters. The summed E-state index contributed by atoms with van der Waals surface area (Å²) in [5, 5.41) is 3.50. The van der Waals surface area contributed by atoms with Crippen molar-refractivity contribution in [2.45, 2.75) is 52.7 Å². The first-order chi connectivity index (χ1) is 9.34. The van der Waals surface area contributed by atoms with Gasteiger partial charge in [-0.3, -0.25) is 0 Å². The van der Waals surface area contributed by atoms with E-state index in [2.05, 4.69) is 30.8 Å². The van der Waals surface area contributed by atoms with Crippen molar-refractivity contribution in [1.82, 2.24) is 0 Å². The van der Waals surface area contributed by atoms with E-state index < -0.39 is 6.61 Å². The van der Waals surface area contributed by atoms with Crippen molar-refractivity contribution in [1.29, 1.82) is 0 Å². The third-order valence-electron chi connectivity index (χ3n) is 3.84. The molecular formula is C16H23F2NO. The van der Waals surface area contributed by atoms with Crippen molar-refractivity contribution in [3.63, 3.8) is 0 Å². The Balaban J connectivity index is 1.96. The number of hydrogen-bond acceptors (Lipinski definition) is 2. The highest BCUT2D eigenvalue weighted by atomic mass is 19.3. The van der Waals surface area contributed by atoms with E-state index >= 15 is 0 Å². The molecule has 1 N–H and O–H groups in total. The van der Waals surface area contributed by atoms with Gasteiger partial charge in [0.25, 0.3) is 0 Å². The standard InChI is InChI=1S/C16H23F2NO/c1-11-8-13(10-16(2,3)9-11)19-12-4-6-14(7-5-12)20-15(17)18/h4-7,11,13,15,19H,8-10H2,1-3H3. The summed E-state index contributed by atoms with van der Waals surface area (Å²) < 4.78 is 28.5. The first-order valence-corrected chi connectivity index (χ1v) is 7.15. The molecule has 1 aliphatic rings. The van der Waals surface area contributed by atoms with Gasteiger partial charge in [0.2, 0.25) is 0 Å². The molecule has 1 aromatic carbocycles. The molecular weight excluding hydrogens is 260 g/mol. The van der Waals surface area contributed by atoms with Crippen molar-refractivity contribution in [2.24, 2.45) is 11.3 Å². The summed E-state index contributed by atoms with van der Waals surface area (Å²) in [5.41, 5.74) is 1.31. The lowest BCUT2D eigenvalue weighted by molar-refractivity contribution is -0.0498. The molecule has 1 fully saturated rings. The zero-order chi connectivity index (χ0) is 14.8. The Labute approximate surface area is 119 Å². The lowest BCUT2D eigenvalue weighted by atomic mass is 9.70. The number of anilines is 1. The van der Waals surface area contributed by atoms with Gasteiger partial charge in [-0.2, -0.15) is 8.78 Å². The van der Waals surface area contributed by atoms with Crippen LogP contribution in [-0.4, -0.2) is 12.7 Å². The van der Waals surface area contributed by atoms with E-state index in [0.29, 0.717) is 17.4 Å². The first kappa shape index (κ1) is 15.1. The molecule has 0 aromatic heterocycles. The second-order valence-electron chi connectivity index (χ2n) is 6.66. The molecule has 1 aromatic rings. The Hall–Kier alpha value is -1.32. The number of hydrogen-bond donors (Lipinski definition) is 1. The fourth-order valence-electron chi connectivity index (χ4n) is 3.42. The molecule has 2 rings (SSSR count). The Kier molecular flexibility index (Phi) is 4.51. The van der Waals surface area contributed by atoms with Gasteiger partial charge in [0.1, 0.15) is 5.75 Å². The van der Waals surface area contributed by atoms with Crippen molar-refractivity contribution in [3.05, 3.63) is 24.3 Å². The minimum Gasteiger partial charge on any atom is -0.435 e. The van der Waals surface area contributed by atoms with Gasteiger partial charge in [0.05, 0.1) is 0 Å². The Bertz CT molecular complexity index is 431. The molecule has 0 aliphatic heterocycles. The van der Waals surface area contributed by atoms with Crippen LogP contribution in [0, 0.1) is 11.3 Å². The average Bonchev–Trinajstić information content (AvgIpc) is 2.28. The molecule has 20 heavy (non-hydrogen) atoms. The van der Waals surface area contributed by atoms with Crippen LogP contribution in [0.25, 0.3) is 0 Å². The van der Waals surface area contributed by atoms with Crippen LogP contribution in [-0.2, 0) is 0 Å². The van der Waals surface area contributed by atoms with Gasteiger partial charge < -0.3 is 10.1 Å². The molecule has 0 amide bonds. The Morgan fingerprint density at radius 3 is 2.40 bits per heavy atom. The van der Waals surface area contributed by atoms with Gasteiger partial charge in [-0.25, -0.2) is 0 Å². The Morgan fingerprint density at radius 2 is 1.85 bits per heavy atom. The van der Waals surface area contributed by atoms with Crippen LogP contribution in [0.2, 0.25) is 0 Å². The SMILES string of the molecule is CC1CC(Nc2ccc(OC(F)F)cc2)CC(C)(C)C1. The zero-order valence-corrected chi connectivity index (χ0v) is 12.3. The molecule has 1 aliphatic carbocycles. The minimum absolute atomic E-state index is 0.197. The van der Waals surface area contributed by atoms with Gasteiger partial charge in [0.15, 0.2) is 0 Å². The van der Waals surface area contributed by atoms with Crippen LogP contribution in [0.4, 0.5) is 14.5 Å². The summed E-state index contributed by atoms with van der Waals surface area (Å²) in [6, 6.07) is 7.18. The topological polar surface area (TPSA) is 21.3 Å². The second-order valence-corrected chi connectivity index (χ2v) is 6.66. The number of ether oxygens (including phenoxy) is 1. The average molecular weight is 283 g/mol. The number of alkyl halides is 2. The molecule has 4 heteroatoms. The largest absolute Gasteiger partial charge is 0.435 e. The zero-order valence-electron chi connectivity index (χ0n) is 12.3. The maximum Gasteiger partial charge on any atom is 0.387 e. The number of halogens is 2. The van der Waals surface area contributed by atoms with Gasteiger partial charge >= 0.3 is 6.61 Å². The van der Waals surface area contributed by atoms with Gasteiger partial charge in [-0.05, 0) is 54.9 Å². The maximum absolute atomic E-state index is 12.1. The number of nitrogens with one attached hydrogen (secondary N) is 1. The van der Waals surface area contributed by atoms with E-state index in [1.54, 1.807) is 24.3 Å². The molecule has 0 bridgehead atoms.